The number of aromatic amines is 1. The Morgan fingerprint density at radius 1 is 1.31 bits per heavy atom. The van der Waals surface area contributed by atoms with Gasteiger partial charge in [0.15, 0.2) is 11.2 Å². The molecule has 3 aromatic rings. The van der Waals surface area contributed by atoms with Crippen LogP contribution in [0, 0.1) is 0 Å². The van der Waals surface area contributed by atoms with Gasteiger partial charge in [-0.15, -0.1) is 0 Å². The van der Waals surface area contributed by atoms with Crippen LogP contribution in [-0.2, 0) is 13.6 Å². The molecule has 0 radical (unpaired) electrons. The van der Waals surface area contributed by atoms with Crippen molar-refractivity contribution >= 4 is 34.4 Å². The first-order chi connectivity index (χ1) is 13.8. The van der Waals surface area contributed by atoms with Gasteiger partial charge in [0.25, 0.3) is 5.56 Å². The molecule has 0 aliphatic carbocycles. The number of H-pyrrole nitrogens is 1. The standard InChI is InChI=1S/C19H21ClN6O3/c1-11(20)9-10-26-15-16(25(3)19(28)22-17(15)27)21-18(26)24-23-12(2)13-5-7-14(29-4)8-6-13/h5-9H,10H2,1-4H3,(H,21,24)(H,22,27,28)/b11-9+,23-12?. The summed E-state index contributed by atoms with van der Waals surface area (Å²) in [5.74, 6) is 1.06. The number of hydrogen-bond donors (Lipinski definition) is 2. The first kappa shape index (κ1) is 20.4. The first-order valence-corrected chi connectivity index (χ1v) is 9.16. The van der Waals surface area contributed by atoms with Crippen molar-refractivity contribution < 1.29 is 4.74 Å². The van der Waals surface area contributed by atoms with E-state index in [1.807, 2.05) is 31.2 Å². The molecule has 10 heteroatoms. The van der Waals surface area contributed by atoms with Gasteiger partial charge in [-0.1, -0.05) is 17.7 Å². The van der Waals surface area contributed by atoms with E-state index in [1.165, 1.54) is 11.6 Å². The SMILES string of the molecule is COc1ccc(C(C)=NNc2nc3c(c(=O)[nH]c(=O)n3C)n2C/C=C(\C)Cl)cc1. The lowest BCUT2D eigenvalue weighted by atomic mass is 10.1. The van der Waals surface area contributed by atoms with Crippen LogP contribution in [0.4, 0.5) is 5.95 Å². The molecule has 9 nitrogen and oxygen atoms in total. The van der Waals surface area contributed by atoms with Crippen molar-refractivity contribution in [2.75, 3.05) is 12.5 Å². The van der Waals surface area contributed by atoms with E-state index in [1.54, 1.807) is 24.7 Å². The Labute approximate surface area is 171 Å². The summed E-state index contributed by atoms with van der Waals surface area (Å²) in [5.41, 5.74) is 3.92. The number of benzene rings is 1. The lowest BCUT2D eigenvalue weighted by Crippen LogP contribution is -2.29. The Morgan fingerprint density at radius 3 is 2.62 bits per heavy atom. The van der Waals surface area contributed by atoms with Crippen molar-refractivity contribution in [2.24, 2.45) is 12.1 Å². The molecule has 0 bridgehead atoms. The molecule has 0 fully saturated rings. The maximum atomic E-state index is 12.4. The number of hydrazone groups is 1. The van der Waals surface area contributed by atoms with Gasteiger partial charge in [0.05, 0.1) is 12.8 Å². The van der Waals surface area contributed by atoms with E-state index in [0.717, 1.165) is 11.3 Å². The third-order valence-electron chi connectivity index (χ3n) is 4.39. The molecular weight excluding hydrogens is 396 g/mol. The maximum Gasteiger partial charge on any atom is 0.329 e. The number of nitrogens with zero attached hydrogens (tertiary/aromatic N) is 4. The molecule has 29 heavy (non-hydrogen) atoms. The van der Waals surface area contributed by atoms with E-state index in [-0.39, 0.29) is 17.7 Å². The van der Waals surface area contributed by atoms with E-state index >= 15 is 0 Å². The van der Waals surface area contributed by atoms with E-state index < -0.39 is 11.2 Å². The van der Waals surface area contributed by atoms with Gasteiger partial charge in [0, 0.05) is 18.6 Å². The fraction of sp³-hybridized carbons (Fsp3) is 0.263. The average molecular weight is 417 g/mol. The number of rotatable bonds is 6. The molecule has 0 aliphatic rings. The maximum absolute atomic E-state index is 12.4. The molecule has 3 rings (SSSR count). The van der Waals surface area contributed by atoms with Crippen LogP contribution < -0.4 is 21.4 Å². The van der Waals surface area contributed by atoms with Crippen molar-refractivity contribution in [3.8, 4) is 5.75 Å². The summed E-state index contributed by atoms with van der Waals surface area (Å²) in [5, 5.41) is 4.94. The van der Waals surface area contributed by atoms with E-state index in [9.17, 15) is 9.59 Å². The van der Waals surface area contributed by atoms with Crippen LogP contribution in [0.15, 0.2) is 50.1 Å². The molecular formula is C19H21ClN6O3. The average Bonchev–Trinajstić information content (AvgIpc) is 3.08. The van der Waals surface area contributed by atoms with Gasteiger partial charge in [-0.3, -0.25) is 18.9 Å². The summed E-state index contributed by atoms with van der Waals surface area (Å²) >= 11 is 5.95. The molecule has 0 unspecified atom stereocenters. The second-order valence-corrected chi connectivity index (χ2v) is 6.96. The molecule has 152 valence electrons. The number of fused-ring (bicyclic) bond motifs is 1. The predicted molar refractivity (Wildman–Crippen MR) is 114 cm³/mol. The van der Waals surface area contributed by atoms with Crippen LogP contribution in [0.5, 0.6) is 5.75 Å². The zero-order valence-electron chi connectivity index (χ0n) is 16.5. The Balaban J connectivity index is 2.05. The third kappa shape index (κ3) is 4.24. The number of methoxy groups -OCH3 is 1. The number of halogens is 1. The normalized spacial score (nSPS) is 12.4. The summed E-state index contributed by atoms with van der Waals surface area (Å²) in [4.78, 5) is 31.0. The van der Waals surface area contributed by atoms with Crippen LogP contribution in [0.2, 0.25) is 0 Å². The highest BCUT2D eigenvalue weighted by Gasteiger charge is 2.16. The Kier molecular flexibility index (Phi) is 5.88. The van der Waals surface area contributed by atoms with Gasteiger partial charge in [0.2, 0.25) is 5.95 Å². The van der Waals surface area contributed by atoms with E-state index in [0.29, 0.717) is 16.7 Å². The van der Waals surface area contributed by atoms with Crippen molar-refractivity contribution in [1.29, 1.82) is 0 Å². The number of allylic oxidation sites excluding steroid dienone is 2. The number of aromatic nitrogens is 4. The van der Waals surface area contributed by atoms with Gasteiger partial charge in [-0.05, 0) is 43.7 Å². The molecule has 2 aromatic heterocycles. The van der Waals surface area contributed by atoms with Crippen molar-refractivity contribution in [2.45, 2.75) is 20.4 Å². The molecule has 0 amide bonds. The second-order valence-electron chi connectivity index (χ2n) is 6.36. The van der Waals surface area contributed by atoms with Gasteiger partial charge >= 0.3 is 5.69 Å². The number of aryl methyl sites for hydroxylation is 1. The molecule has 2 heterocycles. The Bertz CT molecular complexity index is 1210. The lowest BCUT2D eigenvalue weighted by molar-refractivity contribution is 0.415. The Hall–Kier alpha value is -3.33. The predicted octanol–water partition coefficient (Wildman–Crippen LogP) is 2.41. The smallest absolute Gasteiger partial charge is 0.329 e. The monoisotopic (exact) mass is 416 g/mol. The highest BCUT2D eigenvalue weighted by atomic mass is 35.5. The zero-order valence-corrected chi connectivity index (χ0v) is 17.2. The third-order valence-corrected chi connectivity index (χ3v) is 4.55. The minimum Gasteiger partial charge on any atom is -0.497 e. The number of nitrogens with one attached hydrogen (secondary N) is 2. The fourth-order valence-electron chi connectivity index (χ4n) is 2.75. The topological polar surface area (TPSA) is 106 Å². The highest BCUT2D eigenvalue weighted by Crippen LogP contribution is 2.17. The van der Waals surface area contributed by atoms with E-state index in [2.05, 4.69) is 20.5 Å². The number of anilines is 1. The van der Waals surface area contributed by atoms with Crippen molar-refractivity contribution in [1.82, 2.24) is 19.1 Å². The molecule has 0 aliphatic heterocycles. The lowest BCUT2D eigenvalue weighted by Gasteiger charge is -2.07. The van der Waals surface area contributed by atoms with Crippen LogP contribution in [0.25, 0.3) is 11.2 Å². The first-order valence-electron chi connectivity index (χ1n) is 8.78. The van der Waals surface area contributed by atoms with Crippen LogP contribution >= 0.6 is 11.6 Å². The molecule has 0 atom stereocenters. The minimum absolute atomic E-state index is 0.249. The summed E-state index contributed by atoms with van der Waals surface area (Å²) in [6, 6.07) is 7.45. The highest BCUT2D eigenvalue weighted by molar-refractivity contribution is 6.29. The molecule has 0 saturated carbocycles. The molecule has 2 N–H and O–H groups in total. The number of hydrogen-bond acceptors (Lipinski definition) is 6. The summed E-state index contributed by atoms with van der Waals surface area (Å²) in [6.45, 7) is 3.86. The quantitative estimate of drug-likeness (QED) is 0.474. The summed E-state index contributed by atoms with van der Waals surface area (Å²) in [7, 11) is 3.14. The molecule has 0 spiro atoms. The minimum atomic E-state index is -0.541. The van der Waals surface area contributed by atoms with Crippen molar-refractivity contribution in [3.63, 3.8) is 0 Å². The zero-order chi connectivity index (χ0) is 21.1. The van der Waals surface area contributed by atoms with Gasteiger partial charge < -0.3 is 4.74 Å². The van der Waals surface area contributed by atoms with Crippen LogP contribution in [0.3, 0.4) is 0 Å². The largest absolute Gasteiger partial charge is 0.497 e. The van der Waals surface area contributed by atoms with Crippen LogP contribution in [-0.4, -0.2) is 31.9 Å². The number of ether oxygens (including phenoxy) is 1. The van der Waals surface area contributed by atoms with Gasteiger partial charge in [-0.2, -0.15) is 10.1 Å². The van der Waals surface area contributed by atoms with Gasteiger partial charge in [-0.25, -0.2) is 10.2 Å². The second kappa shape index (κ2) is 8.36. The molecule has 1 aromatic carbocycles. The van der Waals surface area contributed by atoms with Crippen LogP contribution in [0.1, 0.15) is 19.4 Å². The molecule has 0 saturated heterocycles. The van der Waals surface area contributed by atoms with Gasteiger partial charge in [0.1, 0.15) is 5.75 Å². The summed E-state index contributed by atoms with van der Waals surface area (Å²) < 4.78 is 8.05. The fourth-order valence-corrected chi connectivity index (χ4v) is 2.81. The summed E-state index contributed by atoms with van der Waals surface area (Å²) in [6.07, 6.45) is 1.73. The van der Waals surface area contributed by atoms with Crippen molar-refractivity contribution in [3.05, 3.63) is 61.8 Å². The van der Waals surface area contributed by atoms with E-state index in [4.69, 9.17) is 16.3 Å². The number of imidazole rings is 1. The Morgan fingerprint density at radius 2 is 2.00 bits per heavy atom.